The molecule has 0 aliphatic carbocycles. The number of rotatable bonds is 5. The van der Waals surface area contributed by atoms with Crippen molar-refractivity contribution in [1.82, 2.24) is 20.3 Å². The number of fused-ring (bicyclic) bond motifs is 1. The van der Waals surface area contributed by atoms with Crippen LogP contribution in [0.5, 0.6) is 0 Å². The van der Waals surface area contributed by atoms with Crippen molar-refractivity contribution >= 4 is 33.4 Å². The monoisotopic (exact) mass is 499 g/mol. The van der Waals surface area contributed by atoms with Crippen LogP contribution in [0.25, 0.3) is 21.8 Å². The first-order valence-electron chi connectivity index (χ1n) is 11.6. The Hall–Kier alpha value is -4.11. The van der Waals surface area contributed by atoms with Gasteiger partial charge in [0, 0.05) is 18.2 Å². The van der Waals surface area contributed by atoms with Gasteiger partial charge in [-0.05, 0) is 55.3 Å². The molecule has 36 heavy (non-hydrogen) atoms. The molecule has 4 heterocycles. The quantitative estimate of drug-likeness (QED) is 0.342. The first-order valence-corrected chi connectivity index (χ1v) is 12.5. The lowest BCUT2D eigenvalue weighted by Crippen LogP contribution is -2.37. The van der Waals surface area contributed by atoms with Crippen LogP contribution in [0, 0.1) is 12.7 Å². The van der Waals surface area contributed by atoms with E-state index in [2.05, 4.69) is 20.2 Å². The number of carbonyl (C=O) groups excluding carboxylic acids is 1. The summed E-state index contributed by atoms with van der Waals surface area (Å²) < 4.78 is 19.9. The zero-order chi connectivity index (χ0) is 24.6. The number of pyridine rings is 1. The second-order valence-corrected chi connectivity index (χ2v) is 9.60. The molecule has 6 rings (SSSR count). The number of benzene rings is 2. The van der Waals surface area contributed by atoms with Crippen molar-refractivity contribution in [3.8, 4) is 11.5 Å². The Morgan fingerprint density at radius 2 is 1.97 bits per heavy atom. The molecule has 1 N–H and O–H groups in total. The number of nitrogens with one attached hydrogen (secondary N) is 1. The van der Waals surface area contributed by atoms with Crippen molar-refractivity contribution < 1.29 is 13.6 Å². The van der Waals surface area contributed by atoms with Gasteiger partial charge in [-0.3, -0.25) is 4.79 Å². The Balaban J connectivity index is 1.27. The average molecular weight is 500 g/mol. The maximum absolute atomic E-state index is 14.1. The van der Waals surface area contributed by atoms with Gasteiger partial charge in [0.2, 0.25) is 5.89 Å². The van der Waals surface area contributed by atoms with Crippen LogP contribution in [-0.4, -0.2) is 33.4 Å². The summed E-state index contributed by atoms with van der Waals surface area (Å²) in [5.74, 6) is 1.04. The minimum Gasteiger partial charge on any atom is -0.441 e. The Morgan fingerprint density at radius 1 is 1.11 bits per heavy atom. The zero-order valence-electron chi connectivity index (χ0n) is 19.4. The third-order valence-electron chi connectivity index (χ3n) is 6.38. The van der Waals surface area contributed by atoms with E-state index >= 15 is 0 Å². The fraction of sp³-hybridized carbons (Fsp3) is 0.185. The van der Waals surface area contributed by atoms with Gasteiger partial charge >= 0.3 is 0 Å². The van der Waals surface area contributed by atoms with E-state index in [9.17, 15) is 9.18 Å². The van der Waals surface area contributed by atoms with Crippen LogP contribution in [-0.2, 0) is 0 Å². The van der Waals surface area contributed by atoms with Crippen LogP contribution < -0.4 is 10.2 Å². The average Bonchev–Trinajstić information content (AvgIpc) is 3.62. The van der Waals surface area contributed by atoms with Crippen molar-refractivity contribution in [1.29, 1.82) is 0 Å². The van der Waals surface area contributed by atoms with Crippen LogP contribution in [0.15, 0.2) is 76.7 Å². The minimum absolute atomic E-state index is 0.151. The van der Waals surface area contributed by atoms with Crippen LogP contribution in [0.1, 0.15) is 34.3 Å². The summed E-state index contributed by atoms with van der Waals surface area (Å²) >= 11 is 1.47. The molecule has 2 aromatic carbocycles. The lowest BCUT2D eigenvalue weighted by Gasteiger charge is -2.26. The van der Waals surface area contributed by atoms with E-state index < -0.39 is 0 Å². The van der Waals surface area contributed by atoms with Crippen LogP contribution >= 0.6 is 11.3 Å². The van der Waals surface area contributed by atoms with Gasteiger partial charge in [-0.1, -0.05) is 30.3 Å². The molecular formula is C27H22FN5O2S. The number of thiazole rings is 1. The van der Waals surface area contributed by atoms with Crippen molar-refractivity contribution in [2.24, 2.45) is 0 Å². The van der Waals surface area contributed by atoms with Crippen molar-refractivity contribution in [3.05, 3.63) is 95.1 Å². The van der Waals surface area contributed by atoms with Crippen molar-refractivity contribution in [2.75, 3.05) is 11.4 Å². The maximum atomic E-state index is 14.1. The molecular weight excluding hydrogens is 477 g/mol. The van der Waals surface area contributed by atoms with Gasteiger partial charge in [-0.15, -0.1) is 11.3 Å². The number of carbonyl (C=O) groups is 1. The highest BCUT2D eigenvalue weighted by Crippen LogP contribution is 2.37. The molecule has 0 radical (unpaired) electrons. The smallest absolute Gasteiger partial charge is 0.273 e. The van der Waals surface area contributed by atoms with Crippen LogP contribution in [0.3, 0.4) is 0 Å². The number of aromatic nitrogens is 3. The Bertz CT molecular complexity index is 1550. The SMILES string of the molecule is Cc1oc(-c2ccccc2)nc1C(=O)NC1C[C@H](c2cccc(F)c2)N(c2ccc3ncsc3n2)C1. The Morgan fingerprint density at radius 3 is 2.81 bits per heavy atom. The number of hydrogen-bond donors (Lipinski definition) is 1. The fourth-order valence-electron chi connectivity index (χ4n) is 4.69. The molecule has 3 aromatic heterocycles. The standard InChI is InChI=1S/C27H22FN5O2S/c1-16-24(32-26(35-16)17-6-3-2-4-7-17)25(34)30-20-13-22(18-8-5-9-19(28)12-18)33(14-20)23-11-10-21-27(31-23)36-15-29-21/h2-12,15,20,22H,13-14H2,1H3,(H,30,34)/t20?,22-/m1/s1. The molecule has 2 atom stereocenters. The number of halogens is 1. The third-order valence-corrected chi connectivity index (χ3v) is 7.11. The summed E-state index contributed by atoms with van der Waals surface area (Å²) in [6.45, 7) is 2.26. The van der Waals surface area contributed by atoms with Gasteiger partial charge in [0.1, 0.15) is 27.7 Å². The molecule has 180 valence electrons. The molecule has 0 bridgehead atoms. The number of hydrogen-bond acceptors (Lipinski definition) is 7. The lowest BCUT2D eigenvalue weighted by atomic mass is 10.0. The van der Waals surface area contributed by atoms with Gasteiger partial charge in [-0.2, -0.15) is 0 Å². The minimum atomic E-state index is -0.297. The predicted octanol–water partition coefficient (Wildman–Crippen LogP) is 5.54. The molecule has 0 saturated carbocycles. The molecule has 0 spiro atoms. The normalized spacial score (nSPS) is 17.6. The van der Waals surface area contributed by atoms with E-state index in [-0.39, 0.29) is 29.5 Å². The second kappa shape index (κ2) is 9.16. The second-order valence-electron chi connectivity index (χ2n) is 8.77. The molecule has 5 aromatic rings. The van der Waals surface area contributed by atoms with E-state index in [1.165, 1.54) is 17.4 Å². The maximum Gasteiger partial charge on any atom is 0.273 e. The van der Waals surface area contributed by atoms with Gasteiger partial charge < -0.3 is 14.6 Å². The molecule has 7 nitrogen and oxygen atoms in total. The number of aryl methyl sites for hydroxylation is 1. The van der Waals surface area contributed by atoms with Crippen molar-refractivity contribution in [3.63, 3.8) is 0 Å². The highest BCUT2D eigenvalue weighted by molar-refractivity contribution is 7.16. The lowest BCUT2D eigenvalue weighted by molar-refractivity contribution is 0.0934. The molecule has 1 fully saturated rings. The first-order chi connectivity index (χ1) is 17.5. The Labute approximate surface area is 210 Å². The van der Waals surface area contributed by atoms with E-state index in [1.54, 1.807) is 24.6 Å². The molecule has 1 unspecified atom stereocenters. The molecule has 1 amide bonds. The van der Waals surface area contributed by atoms with E-state index in [4.69, 9.17) is 9.40 Å². The fourth-order valence-corrected chi connectivity index (χ4v) is 5.34. The highest BCUT2D eigenvalue weighted by Gasteiger charge is 2.36. The largest absolute Gasteiger partial charge is 0.441 e. The summed E-state index contributed by atoms with van der Waals surface area (Å²) in [7, 11) is 0. The van der Waals surface area contributed by atoms with Crippen LogP contribution in [0.4, 0.5) is 10.2 Å². The number of anilines is 1. The highest BCUT2D eigenvalue weighted by atomic mass is 32.1. The number of nitrogens with zero attached hydrogens (tertiary/aromatic N) is 4. The topological polar surface area (TPSA) is 84.2 Å². The number of amides is 1. The summed E-state index contributed by atoms with van der Waals surface area (Å²) in [5.41, 5.74) is 4.51. The molecule has 1 aliphatic rings. The summed E-state index contributed by atoms with van der Waals surface area (Å²) in [5, 5.41) is 3.11. The zero-order valence-corrected chi connectivity index (χ0v) is 20.2. The van der Waals surface area contributed by atoms with Gasteiger partial charge in [0.05, 0.1) is 11.6 Å². The van der Waals surface area contributed by atoms with Crippen molar-refractivity contribution in [2.45, 2.75) is 25.4 Å². The van der Waals surface area contributed by atoms with E-state index in [0.29, 0.717) is 24.6 Å². The molecule has 9 heteroatoms. The van der Waals surface area contributed by atoms with E-state index in [1.807, 2.05) is 48.5 Å². The van der Waals surface area contributed by atoms with Gasteiger partial charge in [-0.25, -0.2) is 19.3 Å². The molecule has 1 aliphatic heterocycles. The number of oxazole rings is 1. The predicted molar refractivity (Wildman–Crippen MR) is 136 cm³/mol. The Kier molecular flexibility index (Phi) is 5.69. The summed E-state index contributed by atoms with van der Waals surface area (Å²) in [6, 6.07) is 19.6. The molecule has 1 saturated heterocycles. The van der Waals surface area contributed by atoms with E-state index in [0.717, 1.165) is 27.3 Å². The van der Waals surface area contributed by atoms with Gasteiger partial charge in [0.15, 0.2) is 5.69 Å². The summed E-state index contributed by atoms with van der Waals surface area (Å²) in [6.07, 6.45) is 0.597. The third kappa shape index (κ3) is 4.22. The first kappa shape index (κ1) is 22.4. The van der Waals surface area contributed by atoms with Gasteiger partial charge in [0.25, 0.3) is 5.91 Å². The summed E-state index contributed by atoms with van der Waals surface area (Å²) in [4.78, 5) is 29.7. The van der Waals surface area contributed by atoms with Crippen LogP contribution in [0.2, 0.25) is 0 Å².